The molecule has 0 amide bonds. The van der Waals surface area contributed by atoms with Crippen LogP contribution in [0.3, 0.4) is 0 Å². The number of carbonyl (C=O) groups excluding carboxylic acids is 1. The molecule has 4 rings (SSSR count). The number of fused-ring (bicyclic) bond motifs is 2. The molecular formula is C19H15N3O3. The van der Waals surface area contributed by atoms with Gasteiger partial charge >= 0.3 is 5.97 Å². The van der Waals surface area contributed by atoms with E-state index in [1.807, 2.05) is 30.3 Å². The van der Waals surface area contributed by atoms with Crippen LogP contribution in [-0.4, -0.2) is 20.5 Å². The van der Waals surface area contributed by atoms with Crippen molar-refractivity contribution in [3.05, 3.63) is 76.5 Å². The Kier molecular flexibility index (Phi) is 3.57. The lowest BCUT2D eigenvalue weighted by molar-refractivity contribution is 0.0452. The second-order valence-corrected chi connectivity index (χ2v) is 5.76. The number of nitrogens with one attached hydrogen (secondary N) is 1. The molecule has 0 saturated carbocycles. The number of hydrogen-bond donors (Lipinski definition) is 1. The van der Waals surface area contributed by atoms with E-state index in [1.54, 1.807) is 31.3 Å². The Labute approximate surface area is 142 Å². The van der Waals surface area contributed by atoms with Gasteiger partial charge in [0.2, 0.25) is 0 Å². The molecule has 4 aromatic rings. The number of hydrogen-bond acceptors (Lipinski definition) is 4. The summed E-state index contributed by atoms with van der Waals surface area (Å²) in [6.07, 6.45) is 0. The number of nitrogens with zero attached hydrogens (tertiary/aromatic N) is 2. The molecule has 6 heteroatoms. The molecule has 0 spiro atoms. The van der Waals surface area contributed by atoms with Crippen LogP contribution in [0.4, 0.5) is 0 Å². The Morgan fingerprint density at radius 2 is 1.92 bits per heavy atom. The summed E-state index contributed by atoms with van der Waals surface area (Å²) in [4.78, 5) is 32.1. The second-order valence-electron chi connectivity index (χ2n) is 5.76. The number of rotatable bonds is 3. The van der Waals surface area contributed by atoms with Crippen LogP contribution < -0.4 is 5.56 Å². The van der Waals surface area contributed by atoms with Crippen LogP contribution in [0.25, 0.3) is 21.8 Å². The molecule has 0 fully saturated rings. The third-order valence-electron chi connectivity index (χ3n) is 4.16. The van der Waals surface area contributed by atoms with Gasteiger partial charge in [0.25, 0.3) is 5.56 Å². The van der Waals surface area contributed by atoms with E-state index in [2.05, 4.69) is 9.97 Å². The van der Waals surface area contributed by atoms with Gasteiger partial charge in [0.05, 0.1) is 10.9 Å². The Morgan fingerprint density at radius 1 is 1.16 bits per heavy atom. The molecule has 2 aromatic heterocycles. The highest BCUT2D eigenvalue weighted by molar-refractivity contribution is 5.94. The van der Waals surface area contributed by atoms with Crippen LogP contribution in [0.2, 0.25) is 0 Å². The molecule has 0 radical (unpaired) electrons. The molecule has 2 heterocycles. The van der Waals surface area contributed by atoms with Gasteiger partial charge in [-0.2, -0.15) is 0 Å². The number of aromatic nitrogens is 3. The molecule has 0 atom stereocenters. The molecule has 0 unspecified atom stereocenters. The van der Waals surface area contributed by atoms with Crippen molar-refractivity contribution in [3.8, 4) is 0 Å². The quantitative estimate of drug-likeness (QED) is 0.585. The average Bonchev–Trinajstić information content (AvgIpc) is 3.07. The molecular weight excluding hydrogens is 318 g/mol. The highest BCUT2D eigenvalue weighted by atomic mass is 16.5. The van der Waals surface area contributed by atoms with Crippen LogP contribution in [0.1, 0.15) is 16.3 Å². The summed E-state index contributed by atoms with van der Waals surface area (Å²) in [5.41, 5.74) is 1.65. The van der Waals surface area contributed by atoms with Gasteiger partial charge in [-0.15, -0.1) is 0 Å². The summed E-state index contributed by atoms with van der Waals surface area (Å²) in [7, 11) is 1.62. The number of carbonyl (C=O) groups is 1. The van der Waals surface area contributed by atoms with Gasteiger partial charge in [-0.25, -0.2) is 9.78 Å². The molecule has 0 bridgehead atoms. The Morgan fingerprint density at radius 3 is 2.76 bits per heavy atom. The number of para-hydroxylation sites is 2. The van der Waals surface area contributed by atoms with Crippen LogP contribution in [0.5, 0.6) is 0 Å². The van der Waals surface area contributed by atoms with E-state index in [1.165, 1.54) is 4.57 Å². The van der Waals surface area contributed by atoms with E-state index in [4.69, 9.17) is 4.74 Å². The molecule has 25 heavy (non-hydrogen) atoms. The molecule has 1 N–H and O–H groups in total. The lowest BCUT2D eigenvalue weighted by atomic mass is 10.2. The lowest BCUT2D eigenvalue weighted by Crippen LogP contribution is -2.23. The molecule has 0 aliphatic rings. The first kappa shape index (κ1) is 15.1. The van der Waals surface area contributed by atoms with Crippen LogP contribution >= 0.6 is 0 Å². The van der Waals surface area contributed by atoms with Crippen molar-refractivity contribution in [2.24, 2.45) is 7.05 Å². The first-order chi connectivity index (χ1) is 12.1. The minimum absolute atomic E-state index is 0.0786. The molecule has 0 aliphatic carbocycles. The topological polar surface area (TPSA) is 77.0 Å². The predicted molar refractivity (Wildman–Crippen MR) is 94.4 cm³/mol. The van der Waals surface area contributed by atoms with Gasteiger partial charge in [-0.3, -0.25) is 9.36 Å². The van der Waals surface area contributed by atoms with Crippen molar-refractivity contribution in [1.82, 2.24) is 14.5 Å². The van der Waals surface area contributed by atoms with Crippen molar-refractivity contribution in [3.63, 3.8) is 0 Å². The summed E-state index contributed by atoms with van der Waals surface area (Å²) in [5.74, 6) is -0.0910. The molecule has 2 aromatic carbocycles. The summed E-state index contributed by atoms with van der Waals surface area (Å²) in [5, 5.41) is 1.47. The molecule has 124 valence electrons. The first-order valence-corrected chi connectivity index (χ1v) is 7.83. The van der Waals surface area contributed by atoms with Gasteiger partial charge in [0.1, 0.15) is 18.1 Å². The number of esters is 1. The standard InChI is InChI=1S/C19H15N3O3/c1-22-17(21-15-9-5-3-7-13(15)18(22)23)11-25-19(24)16-10-12-6-2-4-8-14(12)20-16/h2-10,20H,11H2,1H3. The summed E-state index contributed by atoms with van der Waals surface area (Å²) < 4.78 is 6.74. The van der Waals surface area contributed by atoms with E-state index >= 15 is 0 Å². The SMILES string of the molecule is Cn1c(COC(=O)c2cc3ccccc3[nH]2)nc2ccccc2c1=O. The minimum Gasteiger partial charge on any atom is -0.453 e. The zero-order valence-electron chi connectivity index (χ0n) is 13.5. The van der Waals surface area contributed by atoms with Crippen molar-refractivity contribution in [2.45, 2.75) is 6.61 Å². The van der Waals surface area contributed by atoms with Crippen molar-refractivity contribution in [1.29, 1.82) is 0 Å². The minimum atomic E-state index is -0.487. The Balaban J connectivity index is 1.60. The van der Waals surface area contributed by atoms with E-state index in [9.17, 15) is 9.59 Å². The maximum atomic E-state index is 12.4. The Bertz CT molecular complexity index is 1120. The lowest BCUT2D eigenvalue weighted by Gasteiger charge is -2.09. The summed E-state index contributed by atoms with van der Waals surface area (Å²) >= 11 is 0. The van der Waals surface area contributed by atoms with Crippen LogP contribution in [0.15, 0.2) is 59.4 Å². The zero-order valence-corrected chi connectivity index (χ0v) is 13.5. The number of ether oxygens (including phenoxy) is 1. The van der Waals surface area contributed by atoms with Gasteiger partial charge < -0.3 is 9.72 Å². The highest BCUT2D eigenvalue weighted by Gasteiger charge is 2.13. The maximum absolute atomic E-state index is 12.4. The summed E-state index contributed by atoms with van der Waals surface area (Å²) in [6, 6.07) is 16.4. The van der Waals surface area contributed by atoms with Crippen molar-refractivity contribution < 1.29 is 9.53 Å². The fourth-order valence-electron chi connectivity index (χ4n) is 2.78. The van der Waals surface area contributed by atoms with Gasteiger partial charge in [0, 0.05) is 18.0 Å². The van der Waals surface area contributed by atoms with E-state index in [0.717, 1.165) is 10.9 Å². The maximum Gasteiger partial charge on any atom is 0.355 e. The molecule has 0 saturated heterocycles. The van der Waals surface area contributed by atoms with Crippen molar-refractivity contribution >= 4 is 27.8 Å². The van der Waals surface area contributed by atoms with E-state index in [-0.39, 0.29) is 12.2 Å². The number of aromatic amines is 1. The van der Waals surface area contributed by atoms with Gasteiger partial charge in [-0.05, 0) is 24.3 Å². The van der Waals surface area contributed by atoms with Crippen LogP contribution in [-0.2, 0) is 18.4 Å². The largest absolute Gasteiger partial charge is 0.453 e. The normalized spacial score (nSPS) is 11.1. The van der Waals surface area contributed by atoms with Crippen molar-refractivity contribution in [2.75, 3.05) is 0 Å². The van der Waals surface area contributed by atoms with Crippen LogP contribution in [0, 0.1) is 0 Å². The summed E-state index contributed by atoms with van der Waals surface area (Å²) in [6.45, 7) is -0.0786. The second kappa shape index (κ2) is 5.90. The molecule has 6 nitrogen and oxygen atoms in total. The third kappa shape index (κ3) is 2.67. The fraction of sp³-hybridized carbons (Fsp3) is 0.105. The number of benzene rings is 2. The smallest absolute Gasteiger partial charge is 0.355 e. The monoisotopic (exact) mass is 333 g/mol. The van der Waals surface area contributed by atoms with E-state index < -0.39 is 5.97 Å². The number of H-pyrrole nitrogens is 1. The van der Waals surface area contributed by atoms with Gasteiger partial charge in [-0.1, -0.05) is 30.3 Å². The molecule has 0 aliphatic heterocycles. The zero-order chi connectivity index (χ0) is 17.4. The third-order valence-corrected chi connectivity index (χ3v) is 4.16. The highest BCUT2D eigenvalue weighted by Crippen LogP contribution is 2.16. The van der Waals surface area contributed by atoms with E-state index in [0.29, 0.717) is 22.4 Å². The average molecular weight is 333 g/mol. The fourth-order valence-corrected chi connectivity index (χ4v) is 2.78. The predicted octanol–water partition coefficient (Wildman–Crippen LogP) is 2.77. The first-order valence-electron chi connectivity index (χ1n) is 7.83. The van der Waals surface area contributed by atoms with Gasteiger partial charge in [0.15, 0.2) is 0 Å². The Hall–Kier alpha value is -3.41.